The Morgan fingerprint density at radius 1 is 1.26 bits per heavy atom. The highest BCUT2D eigenvalue weighted by atomic mass is 16.5. The molecule has 4 rings (SSSR count). The van der Waals surface area contributed by atoms with E-state index in [0.717, 1.165) is 29.7 Å². The summed E-state index contributed by atoms with van der Waals surface area (Å²) >= 11 is 0. The summed E-state index contributed by atoms with van der Waals surface area (Å²) in [6.45, 7) is 2.73. The van der Waals surface area contributed by atoms with Crippen LogP contribution in [0.2, 0.25) is 0 Å². The number of fused-ring (bicyclic) bond motifs is 1. The Labute approximate surface area is 157 Å². The first-order valence-electron chi connectivity index (χ1n) is 9.26. The highest BCUT2D eigenvalue weighted by molar-refractivity contribution is 5.91. The van der Waals surface area contributed by atoms with E-state index in [1.165, 1.54) is 0 Å². The van der Waals surface area contributed by atoms with Gasteiger partial charge in [-0.1, -0.05) is 18.2 Å². The maximum absolute atomic E-state index is 12.5. The van der Waals surface area contributed by atoms with E-state index in [4.69, 9.17) is 4.74 Å². The van der Waals surface area contributed by atoms with Gasteiger partial charge in [0.05, 0.1) is 24.2 Å². The van der Waals surface area contributed by atoms with Gasteiger partial charge in [0.25, 0.3) is 0 Å². The average Bonchev–Trinajstić information content (AvgIpc) is 3.04. The molecule has 3 heterocycles. The number of aromatic nitrogens is 3. The Bertz CT molecular complexity index is 903. The maximum Gasteiger partial charge on any atom is 0.228 e. The maximum atomic E-state index is 12.5. The van der Waals surface area contributed by atoms with Crippen LogP contribution in [0.3, 0.4) is 0 Å². The Balaban J connectivity index is 1.51. The van der Waals surface area contributed by atoms with E-state index < -0.39 is 0 Å². The standard InChI is InChI=1S/C20H23N5O2/c26-19(13-16-14-27-12-10-22-16)24-20-23-17-6-1-2-7-18(17)25(20)11-8-15-5-3-4-9-21-15/h1-7,9,16,22H,8,10-14H2,(H,23,24,26). The number of aryl methyl sites for hydroxylation is 2. The second kappa shape index (κ2) is 8.28. The quantitative estimate of drug-likeness (QED) is 0.698. The predicted molar refractivity (Wildman–Crippen MR) is 104 cm³/mol. The van der Waals surface area contributed by atoms with E-state index >= 15 is 0 Å². The van der Waals surface area contributed by atoms with Crippen LogP contribution < -0.4 is 10.6 Å². The van der Waals surface area contributed by atoms with Crippen molar-refractivity contribution in [2.45, 2.75) is 25.4 Å². The summed E-state index contributed by atoms with van der Waals surface area (Å²) in [5, 5.41) is 6.28. The first-order valence-corrected chi connectivity index (χ1v) is 9.26. The van der Waals surface area contributed by atoms with Crippen LogP contribution in [0.1, 0.15) is 12.1 Å². The monoisotopic (exact) mass is 365 g/mol. The van der Waals surface area contributed by atoms with Gasteiger partial charge in [-0.3, -0.25) is 15.1 Å². The van der Waals surface area contributed by atoms with Crippen molar-refractivity contribution in [3.63, 3.8) is 0 Å². The molecule has 27 heavy (non-hydrogen) atoms. The van der Waals surface area contributed by atoms with E-state index in [2.05, 4.69) is 20.6 Å². The van der Waals surface area contributed by atoms with Crippen LogP contribution in [-0.2, 0) is 22.5 Å². The molecule has 0 saturated carbocycles. The SMILES string of the molecule is O=C(CC1COCCN1)Nc1nc2ccccc2n1CCc1ccccn1. The summed E-state index contributed by atoms with van der Waals surface area (Å²) in [6.07, 6.45) is 2.93. The number of para-hydroxylation sites is 2. The summed E-state index contributed by atoms with van der Waals surface area (Å²) in [7, 11) is 0. The zero-order valence-corrected chi connectivity index (χ0v) is 15.1. The van der Waals surface area contributed by atoms with Crippen molar-refractivity contribution in [2.24, 2.45) is 0 Å². The third kappa shape index (κ3) is 4.32. The number of ether oxygens (including phenoxy) is 1. The Hall–Kier alpha value is -2.77. The van der Waals surface area contributed by atoms with Crippen LogP contribution in [0.4, 0.5) is 5.95 Å². The van der Waals surface area contributed by atoms with Gasteiger partial charge >= 0.3 is 0 Å². The number of nitrogens with one attached hydrogen (secondary N) is 2. The van der Waals surface area contributed by atoms with Crippen molar-refractivity contribution in [3.8, 4) is 0 Å². The van der Waals surface area contributed by atoms with Gasteiger partial charge < -0.3 is 14.6 Å². The number of carbonyl (C=O) groups excluding carboxylic acids is 1. The predicted octanol–water partition coefficient (Wildman–Crippen LogP) is 1.99. The summed E-state index contributed by atoms with van der Waals surface area (Å²) in [4.78, 5) is 21.5. The molecule has 1 unspecified atom stereocenters. The highest BCUT2D eigenvalue weighted by Crippen LogP contribution is 2.20. The molecule has 1 aliphatic rings. The molecule has 1 fully saturated rings. The van der Waals surface area contributed by atoms with Crippen LogP contribution in [0, 0.1) is 0 Å². The van der Waals surface area contributed by atoms with Crippen LogP contribution in [0.5, 0.6) is 0 Å². The van der Waals surface area contributed by atoms with Gasteiger partial charge in [-0.15, -0.1) is 0 Å². The van der Waals surface area contributed by atoms with E-state index in [0.29, 0.717) is 32.1 Å². The second-order valence-corrected chi connectivity index (χ2v) is 6.63. The number of imidazole rings is 1. The minimum Gasteiger partial charge on any atom is -0.378 e. The van der Waals surface area contributed by atoms with Crippen molar-refractivity contribution in [1.29, 1.82) is 0 Å². The summed E-state index contributed by atoms with van der Waals surface area (Å²) in [5.41, 5.74) is 2.88. The van der Waals surface area contributed by atoms with Crippen molar-refractivity contribution < 1.29 is 9.53 Å². The first-order chi connectivity index (χ1) is 13.3. The molecule has 0 aliphatic carbocycles. The minimum absolute atomic E-state index is 0.0464. The zero-order valence-electron chi connectivity index (χ0n) is 15.1. The molecular formula is C20H23N5O2. The van der Waals surface area contributed by atoms with Gasteiger partial charge in [-0.2, -0.15) is 0 Å². The fourth-order valence-electron chi connectivity index (χ4n) is 3.32. The Morgan fingerprint density at radius 2 is 2.15 bits per heavy atom. The molecule has 140 valence electrons. The fourth-order valence-corrected chi connectivity index (χ4v) is 3.32. The van der Waals surface area contributed by atoms with E-state index in [9.17, 15) is 4.79 Å². The summed E-state index contributed by atoms with van der Waals surface area (Å²) < 4.78 is 7.47. The number of rotatable bonds is 6. The molecule has 1 atom stereocenters. The molecule has 0 spiro atoms. The molecule has 1 aromatic carbocycles. The van der Waals surface area contributed by atoms with Crippen molar-refractivity contribution in [3.05, 3.63) is 54.4 Å². The molecule has 1 saturated heterocycles. The Morgan fingerprint density at radius 3 is 2.96 bits per heavy atom. The zero-order chi connectivity index (χ0) is 18.5. The Kier molecular flexibility index (Phi) is 5.41. The largest absolute Gasteiger partial charge is 0.378 e. The third-order valence-electron chi connectivity index (χ3n) is 4.65. The van der Waals surface area contributed by atoms with Gasteiger partial charge in [-0.05, 0) is 24.3 Å². The van der Waals surface area contributed by atoms with Gasteiger partial charge in [0, 0.05) is 43.9 Å². The van der Waals surface area contributed by atoms with E-state index in [1.807, 2.05) is 47.0 Å². The van der Waals surface area contributed by atoms with Gasteiger partial charge in [0.1, 0.15) is 0 Å². The van der Waals surface area contributed by atoms with Crippen LogP contribution >= 0.6 is 0 Å². The number of hydrogen-bond acceptors (Lipinski definition) is 5. The van der Waals surface area contributed by atoms with Crippen molar-refractivity contribution in [1.82, 2.24) is 19.9 Å². The van der Waals surface area contributed by atoms with Gasteiger partial charge in [0.15, 0.2) is 0 Å². The van der Waals surface area contributed by atoms with Crippen molar-refractivity contribution >= 4 is 22.9 Å². The lowest BCUT2D eigenvalue weighted by molar-refractivity contribution is -0.117. The molecule has 0 radical (unpaired) electrons. The van der Waals surface area contributed by atoms with E-state index in [-0.39, 0.29) is 11.9 Å². The van der Waals surface area contributed by atoms with Crippen molar-refractivity contribution in [2.75, 3.05) is 25.1 Å². The molecule has 1 amide bonds. The lowest BCUT2D eigenvalue weighted by Crippen LogP contribution is -2.43. The molecular weight excluding hydrogens is 342 g/mol. The molecule has 0 bridgehead atoms. The number of carbonyl (C=O) groups is 1. The molecule has 1 aliphatic heterocycles. The minimum atomic E-state index is -0.0626. The van der Waals surface area contributed by atoms with Gasteiger partial charge in [0.2, 0.25) is 11.9 Å². The lowest BCUT2D eigenvalue weighted by Gasteiger charge is -2.23. The third-order valence-corrected chi connectivity index (χ3v) is 4.65. The summed E-state index contributed by atoms with van der Waals surface area (Å²) in [6, 6.07) is 13.9. The molecule has 3 aromatic rings. The normalized spacial score (nSPS) is 17.1. The number of amides is 1. The first kappa shape index (κ1) is 17.6. The van der Waals surface area contributed by atoms with Crippen LogP contribution in [0.15, 0.2) is 48.7 Å². The van der Waals surface area contributed by atoms with Gasteiger partial charge in [-0.25, -0.2) is 4.98 Å². The molecule has 2 N–H and O–H groups in total. The number of benzene rings is 1. The number of pyridine rings is 1. The smallest absolute Gasteiger partial charge is 0.228 e. The van der Waals surface area contributed by atoms with E-state index in [1.54, 1.807) is 6.20 Å². The number of morpholine rings is 1. The molecule has 2 aromatic heterocycles. The lowest BCUT2D eigenvalue weighted by atomic mass is 10.2. The highest BCUT2D eigenvalue weighted by Gasteiger charge is 2.19. The number of anilines is 1. The second-order valence-electron chi connectivity index (χ2n) is 6.63. The average molecular weight is 365 g/mol. The molecule has 7 heteroatoms. The fraction of sp³-hybridized carbons (Fsp3) is 0.350. The topological polar surface area (TPSA) is 81.1 Å². The number of hydrogen-bond donors (Lipinski definition) is 2. The van der Waals surface area contributed by atoms with Crippen LogP contribution in [0.25, 0.3) is 11.0 Å². The molecule has 7 nitrogen and oxygen atoms in total. The number of nitrogens with zero attached hydrogens (tertiary/aromatic N) is 3. The van der Waals surface area contributed by atoms with Crippen LogP contribution in [-0.4, -0.2) is 46.2 Å². The summed E-state index contributed by atoms with van der Waals surface area (Å²) in [5.74, 6) is 0.515.